The Morgan fingerprint density at radius 1 is 1.19 bits per heavy atom. The van der Waals surface area contributed by atoms with Crippen molar-refractivity contribution in [1.82, 2.24) is 10.3 Å². The summed E-state index contributed by atoms with van der Waals surface area (Å²) in [6.45, 7) is 3.22. The molecule has 1 aliphatic heterocycles. The second-order valence-corrected chi connectivity index (χ2v) is 7.20. The van der Waals surface area contributed by atoms with Crippen LogP contribution in [0.15, 0.2) is 36.5 Å². The van der Waals surface area contributed by atoms with E-state index in [1.54, 1.807) is 0 Å². The molecule has 4 rings (SSSR count). The molecule has 4 heteroatoms. The number of hydrogen-bond donors (Lipinski definition) is 1. The molecule has 1 aromatic carbocycles. The maximum atomic E-state index is 4.63. The molecule has 1 aromatic heterocycles. The maximum Gasteiger partial charge on any atom is 0.185 e. The highest BCUT2D eigenvalue weighted by Gasteiger charge is 2.26. The first kappa shape index (κ1) is 13.3. The lowest BCUT2D eigenvalue weighted by Crippen LogP contribution is -2.18. The molecule has 2 aromatic rings. The highest BCUT2D eigenvalue weighted by atomic mass is 32.1. The number of rotatable bonds is 5. The van der Waals surface area contributed by atoms with Gasteiger partial charge in [0.1, 0.15) is 0 Å². The van der Waals surface area contributed by atoms with Gasteiger partial charge in [-0.25, -0.2) is 4.98 Å². The number of aromatic nitrogens is 1. The van der Waals surface area contributed by atoms with Crippen molar-refractivity contribution in [1.29, 1.82) is 0 Å². The minimum atomic E-state index is 0.656. The Balaban J connectivity index is 1.38. The lowest BCUT2D eigenvalue weighted by molar-refractivity contribution is 0.694. The largest absolute Gasteiger partial charge is 0.347 e. The molecule has 3 nitrogen and oxygen atoms in total. The van der Waals surface area contributed by atoms with Crippen LogP contribution in [0.4, 0.5) is 5.13 Å². The van der Waals surface area contributed by atoms with Crippen molar-refractivity contribution in [3.05, 3.63) is 47.0 Å². The fourth-order valence-corrected chi connectivity index (χ4v) is 3.88. The average Bonchev–Trinajstić information content (AvgIpc) is 3.03. The molecule has 110 valence electrons. The van der Waals surface area contributed by atoms with Gasteiger partial charge in [0.25, 0.3) is 0 Å². The summed E-state index contributed by atoms with van der Waals surface area (Å²) in [4.78, 5) is 8.44. The van der Waals surface area contributed by atoms with Crippen LogP contribution < -0.4 is 10.2 Å². The van der Waals surface area contributed by atoms with Crippen LogP contribution in [0.1, 0.15) is 35.6 Å². The summed E-state index contributed by atoms with van der Waals surface area (Å²) in [7, 11) is 0. The monoisotopic (exact) mass is 299 g/mol. The van der Waals surface area contributed by atoms with E-state index in [9.17, 15) is 0 Å². The smallest absolute Gasteiger partial charge is 0.185 e. The highest BCUT2D eigenvalue weighted by molar-refractivity contribution is 7.15. The Morgan fingerprint density at radius 2 is 2.05 bits per heavy atom. The molecule has 0 amide bonds. The van der Waals surface area contributed by atoms with E-state index in [0.29, 0.717) is 5.92 Å². The van der Waals surface area contributed by atoms with Gasteiger partial charge >= 0.3 is 0 Å². The third kappa shape index (κ3) is 3.11. The molecule has 2 fully saturated rings. The molecule has 1 aliphatic carbocycles. The van der Waals surface area contributed by atoms with Gasteiger partial charge in [0, 0.05) is 42.7 Å². The number of nitrogens with one attached hydrogen (secondary N) is 1. The van der Waals surface area contributed by atoms with Gasteiger partial charge in [-0.3, -0.25) is 0 Å². The fourth-order valence-electron chi connectivity index (χ4n) is 2.99. The Bertz CT molecular complexity index is 591. The van der Waals surface area contributed by atoms with Gasteiger partial charge in [-0.05, 0) is 24.8 Å². The van der Waals surface area contributed by atoms with E-state index >= 15 is 0 Å². The molecule has 1 N–H and O–H groups in total. The minimum absolute atomic E-state index is 0.656. The fraction of sp³-hybridized carbons (Fsp3) is 0.471. The summed E-state index contributed by atoms with van der Waals surface area (Å²) < 4.78 is 0. The van der Waals surface area contributed by atoms with Gasteiger partial charge in [0.05, 0.1) is 0 Å². The summed E-state index contributed by atoms with van der Waals surface area (Å²) >= 11 is 1.85. The first-order valence-corrected chi connectivity index (χ1v) is 8.68. The summed E-state index contributed by atoms with van der Waals surface area (Å²) in [5, 5.41) is 4.76. The van der Waals surface area contributed by atoms with Gasteiger partial charge < -0.3 is 10.2 Å². The first-order valence-electron chi connectivity index (χ1n) is 7.86. The molecular weight excluding hydrogens is 278 g/mol. The summed E-state index contributed by atoms with van der Waals surface area (Å²) in [6.07, 6.45) is 5.97. The molecule has 0 spiro atoms. The van der Waals surface area contributed by atoms with Crippen molar-refractivity contribution in [3.8, 4) is 0 Å². The topological polar surface area (TPSA) is 28.2 Å². The van der Waals surface area contributed by atoms with E-state index in [-0.39, 0.29) is 0 Å². The van der Waals surface area contributed by atoms with Crippen molar-refractivity contribution in [2.45, 2.75) is 37.8 Å². The summed E-state index contributed by atoms with van der Waals surface area (Å²) in [5.41, 5.74) is 1.46. The van der Waals surface area contributed by atoms with Crippen LogP contribution in [0.5, 0.6) is 0 Å². The van der Waals surface area contributed by atoms with Crippen molar-refractivity contribution >= 4 is 16.5 Å². The van der Waals surface area contributed by atoms with Gasteiger partial charge in [0.2, 0.25) is 0 Å². The van der Waals surface area contributed by atoms with Crippen LogP contribution in [0.3, 0.4) is 0 Å². The van der Waals surface area contributed by atoms with Crippen LogP contribution in [0.25, 0.3) is 0 Å². The average molecular weight is 299 g/mol. The third-order valence-corrected chi connectivity index (χ3v) is 5.47. The molecule has 2 aliphatic rings. The second kappa shape index (κ2) is 5.78. The predicted octanol–water partition coefficient (Wildman–Crippen LogP) is 3.39. The lowest BCUT2D eigenvalue weighted by Gasteiger charge is -2.15. The van der Waals surface area contributed by atoms with Crippen LogP contribution in [0, 0.1) is 0 Å². The number of benzene rings is 1. The molecule has 0 bridgehead atoms. The zero-order valence-corrected chi connectivity index (χ0v) is 13.0. The number of nitrogens with zero attached hydrogens (tertiary/aromatic N) is 2. The first-order chi connectivity index (χ1) is 10.4. The zero-order valence-electron chi connectivity index (χ0n) is 12.2. The molecule has 2 heterocycles. The molecular formula is C17H21N3S. The Hall–Kier alpha value is -1.39. The Labute approximate surface area is 130 Å². The van der Waals surface area contributed by atoms with Crippen LogP contribution in [-0.4, -0.2) is 24.1 Å². The van der Waals surface area contributed by atoms with Crippen molar-refractivity contribution in [2.75, 3.05) is 18.0 Å². The van der Waals surface area contributed by atoms with E-state index in [1.807, 2.05) is 17.5 Å². The van der Waals surface area contributed by atoms with Crippen molar-refractivity contribution < 1.29 is 0 Å². The molecule has 0 radical (unpaired) electrons. The Kier molecular flexibility index (Phi) is 3.65. The third-order valence-electron chi connectivity index (χ3n) is 4.41. The molecule has 1 saturated carbocycles. The van der Waals surface area contributed by atoms with Crippen LogP contribution in [-0.2, 0) is 6.54 Å². The maximum absolute atomic E-state index is 4.63. The van der Waals surface area contributed by atoms with E-state index in [1.165, 1.54) is 34.8 Å². The number of anilines is 1. The normalized spacial score (nSPS) is 21.9. The quantitative estimate of drug-likeness (QED) is 0.917. The number of thiazole rings is 1. The van der Waals surface area contributed by atoms with E-state index in [0.717, 1.165) is 25.7 Å². The van der Waals surface area contributed by atoms with Crippen LogP contribution in [0.2, 0.25) is 0 Å². The van der Waals surface area contributed by atoms with E-state index < -0.39 is 0 Å². The minimum Gasteiger partial charge on any atom is -0.347 e. The van der Waals surface area contributed by atoms with E-state index in [4.69, 9.17) is 0 Å². The summed E-state index contributed by atoms with van der Waals surface area (Å²) in [5.74, 6) is 0.656. The van der Waals surface area contributed by atoms with Gasteiger partial charge in [-0.15, -0.1) is 11.3 Å². The van der Waals surface area contributed by atoms with E-state index in [2.05, 4.69) is 45.5 Å². The summed E-state index contributed by atoms with van der Waals surface area (Å²) in [6, 6.07) is 11.6. The second-order valence-electron chi connectivity index (χ2n) is 6.11. The van der Waals surface area contributed by atoms with Crippen molar-refractivity contribution in [3.63, 3.8) is 0 Å². The van der Waals surface area contributed by atoms with Gasteiger partial charge in [-0.1, -0.05) is 30.3 Å². The van der Waals surface area contributed by atoms with Gasteiger partial charge in [0.15, 0.2) is 5.13 Å². The molecule has 1 saturated heterocycles. The molecule has 1 unspecified atom stereocenters. The molecule has 21 heavy (non-hydrogen) atoms. The van der Waals surface area contributed by atoms with Gasteiger partial charge in [-0.2, -0.15) is 0 Å². The van der Waals surface area contributed by atoms with Crippen molar-refractivity contribution in [2.24, 2.45) is 0 Å². The highest BCUT2D eigenvalue weighted by Crippen LogP contribution is 2.33. The SMILES string of the molecule is c1ccc(C2CCN(c3ncc(CNC4CC4)s3)C2)cc1. The van der Waals surface area contributed by atoms with Crippen LogP contribution >= 0.6 is 11.3 Å². The Morgan fingerprint density at radius 3 is 2.86 bits per heavy atom. The lowest BCUT2D eigenvalue weighted by atomic mass is 9.99. The predicted molar refractivity (Wildman–Crippen MR) is 88.0 cm³/mol. The zero-order chi connectivity index (χ0) is 14.1. The number of hydrogen-bond acceptors (Lipinski definition) is 4. The standard InChI is InChI=1S/C17H21N3S/c1-2-4-13(5-3-1)14-8-9-20(12-14)17-19-11-16(21-17)10-18-15-6-7-15/h1-5,11,14-15,18H,6-10,12H2. The molecule has 1 atom stereocenters.